The highest BCUT2D eigenvalue weighted by Gasteiger charge is 2.60. The molecule has 11 nitrogen and oxygen atoms in total. The van der Waals surface area contributed by atoms with E-state index in [0.29, 0.717) is 55.8 Å². The van der Waals surface area contributed by atoms with Gasteiger partial charge < -0.3 is 14.5 Å². The number of aromatic nitrogens is 2. The highest BCUT2D eigenvalue weighted by Crippen LogP contribution is 2.54. The van der Waals surface area contributed by atoms with Crippen molar-refractivity contribution in [1.29, 1.82) is 0 Å². The highest BCUT2D eigenvalue weighted by atomic mass is 32.2. The second-order valence-electron chi connectivity index (χ2n) is 16.3. The topological polar surface area (TPSA) is 134 Å². The summed E-state index contributed by atoms with van der Waals surface area (Å²) in [6.45, 7) is 6.46. The molecule has 3 amide bonds. The Balaban J connectivity index is 1.07. The van der Waals surface area contributed by atoms with Crippen molar-refractivity contribution >= 4 is 29.0 Å². The molecule has 3 heterocycles. The van der Waals surface area contributed by atoms with Crippen LogP contribution < -0.4 is 4.72 Å². The molecule has 15 heteroatoms. The van der Waals surface area contributed by atoms with E-state index in [1.54, 1.807) is 46.1 Å². The van der Waals surface area contributed by atoms with E-state index in [1.165, 1.54) is 18.3 Å². The lowest BCUT2D eigenvalue weighted by atomic mass is 9.71. The first-order chi connectivity index (χ1) is 25.6. The summed E-state index contributed by atoms with van der Waals surface area (Å²) in [7, 11) is 0. The Morgan fingerprint density at radius 2 is 1.76 bits per heavy atom. The molecule has 4 fully saturated rings. The maximum Gasteiger partial charge on any atom is 0.265 e. The molecule has 2 saturated heterocycles. The minimum absolute atomic E-state index is 0.0135. The molecule has 1 spiro atoms. The van der Waals surface area contributed by atoms with Crippen molar-refractivity contribution in [2.24, 2.45) is 22.7 Å². The second-order valence-corrected chi connectivity index (χ2v) is 17.0. The Labute approximate surface area is 315 Å². The van der Waals surface area contributed by atoms with Crippen LogP contribution in [0.3, 0.4) is 0 Å². The number of alkyl halides is 2. The molecule has 54 heavy (non-hydrogen) atoms. The number of rotatable bonds is 11. The van der Waals surface area contributed by atoms with Gasteiger partial charge in [-0.3, -0.25) is 23.6 Å². The zero-order chi connectivity index (χ0) is 38.4. The lowest BCUT2D eigenvalue weighted by Crippen LogP contribution is -2.63. The van der Waals surface area contributed by atoms with Gasteiger partial charge in [0.05, 0.1) is 31.5 Å². The SMILES string of the molecule is CC1(C)C[C@@H]1C(=O)N1CC2(CN(C(=O)c3cnn(Cc4ccc(F)cc4)c3)C[C@H]2COCc2cccc(C3CCCC(F)(F)CC3)c2C(=O)NS(=O)O)C1. The van der Waals surface area contributed by atoms with Crippen molar-refractivity contribution in [1.82, 2.24) is 24.3 Å². The van der Waals surface area contributed by atoms with Crippen molar-refractivity contribution in [3.8, 4) is 0 Å². The van der Waals surface area contributed by atoms with Crippen molar-refractivity contribution in [3.05, 3.63) is 88.5 Å². The third-order valence-corrected chi connectivity index (χ3v) is 12.3. The van der Waals surface area contributed by atoms with Gasteiger partial charge in [-0.2, -0.15) is 5.10 Å². The lowest BCUT2D eigenvalue weighted by molar-refractivity contribution is -0.148. The minimum atomic E-state index is -2.78. The molecule has 290 valence electrons. The van der Waals surface area contributed by atoms with Crippen LogP contribution in [0.2, 0.25) is 0 Å². The van der Waals surface area contributed by atoms with Gasteiger partial charge in [-0.15, -0.1) is 0 Å². The van der Waals surface area contributed by atoms with E-state index in [2.05, 4.69) is 18.9 Å². The average Bonchev–Trinajstić information content (AvgIpc) is 3.38. The molecule has 2 aliphatic carbocycles. The van der Waals surface area contributed by atoms with E-state index in [1.807, 2.05) is 9.62 Å². The number of amides is 3. The summed E-state index contributed by atoms with van der Waals surface area (Å²) in [5.74, 6) is -4.47. The van der Waals surface area contributed by atoms with Crippen molar-refractivity contribution < 1.29 is 41.1 Å². The van der Waals surface area contributed by atoms with Gasteiger partial charge >= 0.3 is 0 Å². The van der Waals surface area contributed by atoms with Crippen LogP contribution in [-0.2, 0) is 33.9 Å². The standard InChI is InChI=1S/C39H46F3N5O6S/c1-37(2)15-32(37)36(50)46-23-38(24-46)22-45(35(49)28-16-43-47(18-28)17-25-8-10-30(40)11-9-25)19-29(38)21-53-20-27-5-3-7-31(33(27)34(48)44-54(51)52)26-6-4-13-39(41,42)14-12-26/h3,5,7-11,16,18,26,29,32H,4,6,12-15,17,19-24H2,1-2H3,(H,44,48)(H,51,52)/t26?,29-,32+/m0/s1. The largest absolute Gasteiger partial charge is 0.376 e. The van der Waals surface area contributed by atoms with Gasteiger partial charge in [0.1, 0.15) is 5.82 Å². The van der Waals surface area contributed by atoms with Crippen LogP contribution in [0.15, 0.2) is 54.9 Å². The fourth-order valence-electron chi connectivity index (χ4n) is 8.65. The molecule has 3 aromatic rings. The predicted molar refractivity (Wildman–Crippen MR) is 193 cm³/mol. The first-order valence-corrected chi connectivity index (χ1v) is 19.6. The van der Waals surface area contributed by atoms with Gasteiger partial charge in [0.15, 0.2) is 0 Å². The Hall–Kier alpha value is -4.08. The lowest BCUT2D eigenvalue weighted by Gasteiger charge is -2.51. The molecule has 2 aliphatic heterocycles. The molecular weight excluding hydrogens is 724 g/mol. The molecule has 7 rings (SSSR count). The van der Waals surface area contributed by atoms with E-state index >= 15 is 0 Å². The second kappa shape index (κ2) is 14.9. The van der Waals surface area contributed by atoms with Crippen LogP contribution in [0.1, 0.15) is 95.7 Å². The Bertz CT molecular complexity index is 1930. The van der Waals surface area contributed by atoms with Crippen molar-refractivity contribution in [2.75, 3.05) is 32.8 Å². The number of nitrogens with one attached hydrogen (secondary N) is 1. The number of ether oxygens (including phenoxy) is 1. The quantitative estimate of drug-likeness (QED) is 0.187. The van der Waals surface area contributed by atoms with Crippen LogP contribution in [0.5, 0.6) is 0 Å². The number of hydrogen-bond acceptors (Lipinski definition) is 6. The van der Waals surface area contributed by atoms with Gasteiger partial charge in [-0.1, -0.05) is 44.2 Å². The molecule has 4 aliphatic rings. The first kappa shape index (κ1) is 38.2. The number of benzene rings is 2. The number of carbonyl (C=O) groups is 3. The summed E-state index contributed by atoms with van der Waals surface area (Å²) in [6, 6.07) is 11.2. The van der Waals surface area contributed by atoms with Crippen molar-refractivity contribution in [2.45, 2.75) is 77.4 Å². The van der Waals surface area contributed by atoms with Gasteiger partial charge in [0, 0.05) is 68.0 Å². The van der Waals surface area contributed by atoms with Crippen LogP contribution in [-0.4, -0.2) is 84.8 Å². The van der Waals surface area contributed by atoms with Crippen molar-refractivity contribution in [3.63, 3.8) is 0 Å². The van der Waals surface area contributed by atoms with E-state index in [4.69, 9.17) is 4.74 Å². The summed E-state index contributed by atoms with van der Waals surface area (Å²) >= 11 is -2.64. The van der Waals surface area contributed by atoms with E-state index < -0.39 is 28.5 Å². The van der Waals surface area contributed by atoms with E-state index in [-0.39, 0.29) is 85.3 Å². The summed E-state index contributed by atoms with van der Waals surface area (Å²) in [4.78, 5) is 44.2. The summed E-state index contributed by atoms with van der Waals surface area (Å²) in [5, 5.41) is 4.36. The fraction of sp³-hybridized carbons (Fsp3) is 0.538. The Morgan fingerprint density at radius 3 is 2.46 bits per heavy atom. The summed E-state index contributed by atoms with van der Waals surface area (Å²) in [5.41, 5.74) is 1.97. The van der Waals surface area contributed by atoms with Crippen LogP contribution in [0.25, 0.3) is 0 Å². The number of nitrogens with zero attached hydrogens (tertiary/aromatic N) is 4. The molecular formula is C39H46F3N5O6S. The molecule has 1 aromatic heterocycles. The molecule has 2 unspecified atom stereocenters. The number of halogens is 3. The fourth-order valence-corrected chi connectivity index (χ4v) is 8.91. The summed E-state index contributed by atoms with van der Waals surface area (Å²) in [6.07, 6.45) is 4.41. The maximum atomic E-state index is 14.3. The zero-order valence-electron chi connectivity index (χ0n) is 30.4. The Morgan fingerprint density at radius 1 is 1.04 bits per heavy atom. The number of hydrogen-bond donors (Lipinski definition) is 2. The molecule has 4 atom stereocenters. The van der Waals surface area contributed by atoms with Crippen LogP contribution >= 0.6 is 0 Å². The molecule has 0 radical (unpaired) electrons. The van der Waals surface area contributed by atoms with Crippen LogP contribution in [0.4, 0.5) is 13.2 Å². The maximum absolute atomic E-state index is 14.3. The molecule has 2 aromatic carbocycles. The number of carbonyl (C=O) groups excluding carboxylic acids is 3. The molecule has 0 bridgehead atoms. The predicted octanol–water partition coefficient (Wildman–Crippen LogP) is 5.78. The molecule has 2 N–H and O–H groups in total. The van der Waals surface area contributed by atoms with E-state index in [0.717, 1.165) is 12.0 Å². The smallest absolute Gasteiger partial charge is 0.265 e. The van der Waals surface area contributed by atoms with Gasteiger partial charge in [-0.25, -0.2) is 22.1 Å². The monoisotopic (exact) mass is 769 g/mol. The highest BCUT2D eigenvalue weighted by molar-refractivity contribution is 7.77. The third-order valence-electron chi connectivity index (χ3n) is 11.9. The van der Waals surface area contributed by atoms with Gasteiger partial charge in [0.2, 0.25) is 11.8 Å². The minimum Gasteiger partial charge on any atom is -0.376 e. The average molecular weight is 770 g/mol. The van der Waals surface area contributed by atoms with Crippen LogP contribution in [0, 0.1) is 28.5 Å². The van der Waals surface area contributed by atoms with E-state index in [9.17, 15) is 36.3 Å². The normalized spacial score (nSPS) is 24.4. The zero-order valence-corrected chi connectivity index (χ0v) is 31.3. The Kier molecular flexibility index (Phi) is 10.5. The summed E-state index contributed by atoms with van der Waals surface area (Å²) < 4.78 is 73.0. The molecule has 2 saturated carbocycles. The number of likely N-dealkylation sites (tertiary alicyclic amines) is 2. The third kappa shape index (κ3) is 8.13. The van der Waals surface area contributed by atoms with Gasteiger partial charge in [0.25, 0.3) is 23.1 Å². The first-order valence-electron chi connectivity index (χ1n) is 18.5. The van der Waals surface area contributed by atoms with Gasteiger partial charge in [-0.05, 0) is 65.8 Å².